The lowest BCUT2D eigenvalue weighted by Gasteiger charge is -2.16. The van der Waals surface area contributed by atoms with Crippen LogP contribution in [-0.4, -0.2) is 29.4 Å². The number of benzene rings is 1. The van der Waals surface area contributed by atoms with E-state index >= 15 is 0 Å². The van der Waals surface area contributed by atoms with E-state index in [2.05, 4.69) is 10.6 Å². The predicted molar refractivity (Wildman–Crippen MR) is 88.0 cm³/mol. The van der Waals surface area contributed by atoms with Crippen LogP contribution in [0.25, 0.3) is 6.08 Å². The molecule has 1 aliphatic rings. The van der Waals surface area contributed by atoms with E-state index in [1.165, 1.54) is 18.2 Å². The SMILES string of the molecule is NC(=O)COc1c(Cl)cc(C=C2C(=O)NC(=S)NC2=O)cc1Cl. The first kappa shape index (κ1) is 17.2. The Bertz CT molecular complexity index is 719. The summed E-state index contributed by atoms with van der Waals surface area (Å²) in [6, 6.07) is 2.84. The van der Waals surface area contributed by atoms with Gasteiger partial charge in [0, 0.05) is 0 Å². The van der Waals surface area contributed by atoms with Gasteiger partial charge in [0.1, 0.15) is 5.57 Å². The third-order valence-corrected chi connectivity index (χ3v) is 3.40. The number of amides is 3. The highest BCUT2D eigenvalue weighted by molar-refractivity contribution is 7.80. The zero-order chi connectivity index (χ0) is 17.1. The number of rotatable bonds is 4. The Labute approximate surface area is 145 Å². The van der Waals surface area contributed by atoms with Crippen molar-refractivity contribution in [3.63, 3.8) is 0 Å². The van der Waals surface area contributed by atoms with E-state index in [4.69, 9.17) is 45.9 Å². The summed E-state index contributed by atoms with van der Waals surface area (Å²) < 4.78 is 5.10. The van der Waals surface area contributed by atoms with Gasteiger partial charge in [-0.2, -0.15) is 0 Å². The minimum Gasteiger partial charge on any atom is -0.481 e. The molecule has 2 rings (SSSR count). The molecular weight excluding hydrogens is 365 g/mol. The van der Waals surface area contributed by atoms with Crippen LogP contribution in [-0.2, 0) is 14.4 Å². The lowest BCUT2D eigenvalue weighted by Crippen LogP contribution is -2.51. The number of hydrogen-bond donors (Lipinski definition) is 3. The molecule has 3 amide bonds. The molecule has 0 bridgehead atoms. The summed E-state index contributed by atoms with van der Waals surface area (Å²) >= 11 is 16.7. The number of halogens is 2. The van der Waals surface area contributed by atoms with Crippen molar-refractivity contribution in [1.29, 1.82) is 0 Å². The molecule has 1 aromatic rings. The zero-order valence-corrected chi connectivity index (χ0v) is 13.6. The number of nitrogens with two attached hydrogens (primary N) is 1. The van der Waals surface area contributed by atoms with E-state index in [0.717, 1.165) is 0 Å². The van der Waals surface area contributed by atoms with Crippen molar-refractivity contribution >= 4 is 64.3 Å². The highest BCUT2D eigenvalue weighted by Gasteiger charge is 2.25. The maximum Gasteiger partial charge on any atom is 0.263 e. The van der Waals surface area contributed by atoms with Crippen LogP contribution in [0, 0.1) is 0 Å². The van der Waals surface area contributed by atoms with Crippen LogP contribution in [0.15, 0.2) is 17.7 Å². The summed E-state index contributed by atoms with van der Waals surface area (Å²) in [4.78, 5) is 34.3. The van der Waals surface area contributed by atoms with Gasteiger partial charge in [0.15, 0.2) is 17.5 Å². The first-order valence-electron chi connectivity index (χ1n) is 6.06. The van der Waals surface area contributed by atoms with E-state index in [1.807, 2.05) is 0 Å². The van der Waals surface area contributed by atoms with Crippen LogP contribution < -0.4 is 21.1 Å². The van der Waals surface area contributed by atoms with E-state index in [1.54, 1.807) is 0 Å². The molecular formula is C13H9Cl2N3O4S. The first-order chi connectivity index (χ1) is 10.8. The van der Waals surface area contributed by atoms with E-state index in [0.29, 0.717) is 5.56 Å². The van der Waals surface area contributed by atoms with Crippen molar-refractivity contribution in [1.82, 2.24) is 10.6 Å². The van der Waals surface area contributed by atoms with Crippen molar-refractivity contribution < 1.29 is 19.1 Å². The molecule has 0 unspecified atom stereocenters. The fourth-order valence-corrected chi connectivity index (χ4v) is 2.52. The van der Waals surface area contributed by atoms with Crippen LogP contribution in [0.3, 0.4) is 0 Å². The van der Waals surface area contributed by atoms with Gasteiger partial charge < -0.3 is 10.5 Å². The van der Waals surface area contributed by atoms with Crippen molar-refractivity contribution in [3.05, 3.63) is 33.3 Å². The first-order valence-corrected chi connectivity index (χ1v) is 7.23. The molecule has 0 atom stereocenters. The topological polar surface area (TPSA) is 111 Å². The van der Waals surface area contributed by atoms with Gasteiger partial charge in [0.05, 0.1) is 10.0 Å². The summed E-state index contributed by atoms with van der Waals surface area (Å²) in [6.45, 7) is -0.387. The summed E-state index contributed by atoms with van der Waals surface area (Å²) in [5, 5.41) is 4.73. The molecule has 23 heavy (non-hydrogen) atoms. The van der Waals surface area contributed by atoms with Gasteiger partial charge in [-0.15, -0.1) is 0 Å². The molecule has 1 aromatic carbocycles. The molecule has 0 saturated carbocycles. The summed E-state index contributed by atoms with van der Waals surface area (Å²) in [6.07, 6.45) is 1.29. The molecule has 1 saturated heterocycles. The standard InChI is InChI=1S/C13H9Cl2N3O4S/c14-7-2-5(3-8(15)10(7)22-4-9(16)19)1-6-11(20)17-13(23)18-12(6)21/h1-3H,4H2,(H2,16,19)(H2,17,18,20,21,23). The number of carbonyl (C=O) groups is 3. The molecule has 0 aromatic heterocycles. The molecule has 10 heteroatoms. The van der Waals surface area contributed by atoms with Gasteiger partial charge in [-0.3, -0.25) is 25.0 Å². The van der Waals surface area contributed by atoms with Gasteiger partial charge in [-0.25, -0.2) is 0 Å². The van der Waals surface area contributed by atoms with E-state index in [9.17, 15) is 14.4 Å². The Morgan fingerprint density at radius 1 is 1.22 bits per heavy atom. The summed E-state index contributed by atoms with van der Waals surface area (Å²) in [5.74, 6) is -1.89. The lowest BCUT2D eigenvalue weighted by molar-refractivity contribution is -0.123. The molecule has 0 aliphatic carbocycles. The van der Waals surface area contributed by atoms with Gasteiger partial charge in [-0.05, 0) is 36.0 Å². The van der Waals surface area contributed by atoms with Crippen LogP contribution in [0.5, 0.6) is 5.75 Å². The normalized spacial score (nSPS) is 14.2. The minimum absolute atomic E-state index is 0.0663. The fourth-order valence-electron chi connectivity index (χ4n) is 1.72. The molecule has 4 N–H and O–H groups in total. The van der Waals surface area contributed by atoms with Gasteiger partial charge in [0.25, 0.3) is 17.7 Å². The fraction of sp³-hybridized carbons (Fsp3) is 0.0769. The zero-order valence-electron chi connectivity index (χ0n) is 11.3. The Hall–Kier alpha value is -2.16. The summed E-state index contributed by atoms with van der Waals surface area (Å²) in [5.41, 5.74) is 5.21. The second-order valence-electron chi connectivity index (χ2n) is 4.36. The molecule has 1 fully saturated rings. The summed E-state index contributed by atoms with van der Waals surface area (Å²) in [7, 11) is 0. The maximum absolute atomic E-state index is 11.8. The monoisotopic (exact) mass is 373 g/mol. The number of ether oxygens (including phenoxy) is 1. The Kier molecular flexibility index (Phi) is 5.19. The van der Waals surface area contributed by atoms with E-state index in [-0.39, 0.29) is 33.1 Å². The lowest BCUT2D eigenvalue weighted by atomic mass is 10.1. The number of thiocarbonyl (C=S) groups is 1. The average molecular weight is 374 g/mol. The number of nitrogens with one attached hydrogen (secondary N) is 2. The smallest absolute Gasteiger partial charge is 0.263 e. The molecule has 1 aliphatic heterocycles. The van der Waals surface area contributed by atoms with Gasteiger partial charge in [0.2, 0.25) is 0 Å². The van der Waals surface area contributed by atoms with Gasteiger partial charge >= 0.3 is 0 Å². The van der Waals surface area contributed by atoms with Gasteiger partial charge in [-0.1, -0.05) is 23.2 Å². The quantitative estimate of drug-likeness (QED) is 0.410. The largest absolute Gasteiger partial charge is 0.481 e. The third-order valence-electron chi connectivity index (χ3n) is 2.63. The van der Waals surface area contributed by atoms with Crippen molar-refractivity contribution in [2.75, 3.05) is 6.61 Å². The molecule has 0 spiro atoms. The molecule has 0 radical (unpaired) electrons. The Balaban J connectivity index is 2.32. The Morgan fingerprint density at radius 3 is 2.22 bits per heavy atom. The Morgan fingerprint density at radius 2 is 1.74 bits per heavy atom. The van der Waals surface area contributed by atoms with E-state index < -0.39 is 17.7 Å². The minimum atomic E-state index is -0.685. The third kappa shape index (κ3) is 4.19. The number of hydrogen-bond acceptors (Lipinski definition) is 5. The molecule has 1 heterocycles. The molecule has 120 valence electrons. The van der Waals surface area contributed by atoms with Crippen LogP contribution in [0.2, 0.25) is 10.0 Å². The van der Waals surface area contributed by atoms with Crippen molar-refractivity contribution in [2.45, 2.75) is 0 Å². The number of primary amides is 1. The second-order valence-corrected chi connectivity index (χ2v) is 5.59. The van der Waals surface area contributed by atoms with Crippen molar-refractivity contribution in [3.8, 4) is 5.75 Å². The van der Waals surface area contributed by atoms with Crippen LogP contribution in [0.4, 0.5) is 0 Å². The number of carbonyl (C=O) groups excluding carboxylic acids is 3. The molecule has 7 nitrogen and oxygen atoms in total. The maximum atomic E-state index is 11.8. The average Bonchev–Trinajstić information content (AvgIpc) is 2.41. The van der Waals surface area contributed by atoms with Crippen molar-refractivity contribution in [2.24, 2.45) is 5.73 Å². The predicted octanol–water partition coefficient (Wildman–Crippen LogP) is 0.772. The van der Waals surface area contributed by atoms with Crippen LogP contribution >= 0.6 is 35.4 Å². The highest BCUT2D eigenvalue weighted by atomic mass is 35.5. The highest BCUT2D eigenvalue weighted by Crippen LogP contribution is 2.34. The second kappa shape index (κ2) is 6.95. The van der Waals surface area contributed by atoms with Crippen LogP contribution in [0.1, 0.15) is 5.56 Å².